The topological polar surface area (TPSA) is 83.5 Å². The van der Waals surface area contributed by atoms with Crippen LogP contribution in [0.25, 0.3) is 49.4 Å². The maximum atomic E-state index is 9.56. The minimum atomic E-state index is -0.458. The molecule has 47 heavy (non-hydrogen) atoms. The van der Waals surface area contributed by atoms with Crippen molar-refractivity contribution in [2.75, 3.05) is 0 Å². The zero-order valence-corrected chi connectivity index (χ0v) is 26.0. The molecule has 2 heterocycles. The van der Waals surface area contributed by atoms with Crippen molar-refractivity contribution >= 4 is 50.0 Å². The van der Waals surface area contributed by atoms with Gasteiger partial charge < -0.3 is 8.98 Å². The Morgan fingerprint density at radius 1 is 0.936 bits per heavy atom. The molecule has 6 heteroatoms. The predicted octanol–water partition coefficient (Wildman–Crippen LogP) is 9.52. The van der Waals surface area contributed by atoms with Gasteiger partial charge in [-0.15, -0.1) is 0 Å². The molecule has 7 aromatic rings. The number of aliphatic imine (C=N–C) groups is 1. The summed E-state index contributed by atoms with van der Waals surface area (Å²) >= 11 is 0. The molecule has 8 rings (SSSR count). The van der Waals surface area contributed by atoms with Gasteiger partial charge in [0.1, 0.15) is 11.7 Å². The number of aromatic nitrogens is 1. The Morgan fingerprint density at radius 2 is 1.72 bits per heavy atom. The summed E-state index contributed by atoms with van der Waals surface area (Å²) in [4.78, 5) is 4.96. The molecule has 0 amide bonds. The molecule has 0 spiro atoms. The van der Waals surface area contributed by atoms with Gasteiger partial charge in [-0.25, -0.2) is 5.01 Å². The SMILES string of the molecule is CC1CC=CC=C1/C=N/C(c1cccc(C#N)c1)N(N)Cc1ccc(-n2c3ccccc3c3ccc4c5ccccc5oc4c32)cc1. The van der Waals surface area contributed by atoms with E-state index in [9.17, 15) is 5.26 Å². The van der Waals surface area contributed by atoms with E-state index in [1.54, 1.807) is 11.1 Å². The van der Waals surface area contributed by atoms with Gasteiger partial charge in [0.25, 0.3) is 0 Å². The van der Waals surface area contributed by atoms with Crippen LogP contribution in [0.2, 0.25) is 0 Å². The van der Waals surface area contributed by atoms with Crippen molar-refractivity contribution in [2.45, 2.75) is 26.1 Å². The van der Waals surface area contributed by atoms with Crippen molar-refractivity contribution in [3.63, 3.8) is 0 Å². The molecule has 0 aliphatic heterocycles. The van der Waals surface area contributed by atoms with Crippen LogP contribution < -0.4 is 5.84 Å². The fraction of sp³-hybridized carbons (Fsp3) is 0.122. The maximum Gasteiger partial charge on any atom is 0.160 e. The highest BCUT2D eigenvalue weighted by Gasteiger charge is 2.21. The third kappa shape index (κ3) is 5.12. The number of hydrazine groups is 1. The van der Waals surface area contributed by atoms with Crippen LogP contribution in [-0.4, -0.2) is 15.8 Å². The number of hydrogen-bond acceptors (Lipinski definition) is 5. The summed E-state index contributed by atoms with van der Waals surface area (Å²) in [6.07, 6.45) is 8.81. The Hall–Kier alpha value is -5.74. The largest absolute Gasteiger partial charge is 0.454 e. The third-order valence-corrected chi connectivity index (χ3v) is 9.22. The lowest BCUT2D eigenvalue weighted by Gasteiger charge is -2.25. The van der Waals surface area contributed by atoms with Crippen LogP contribution in [0.1, 0.15) is 36.2 Å². The Kier molecular flexibility index (Phi) is 7.26. The number of nitrogens with zero attached hydrogens (tertiary/aromatic N) is 4. The van der Waals surface area contributed by atoms with Gasteiger partial charge in [-0.1, -0.05) is 91.9 Å². The van der Waals surface area contributed by atoms with Crippen LogP contribution in [0.15, 0.2) is 142 Å². The Labute approximate surface area is 272 Å². The molecular weight excluding hydrogens is 578 g/mol. The molecule has 0 bridgehead atoms. The van der Waals surface area contributed by atoms with Crippen LogP contribution in [0.5, 0.6) is 0 Å². The van der Waals surface area contributed by atoms with Gasteiger partial charge in [0.15, 0.2) is 5.58 Å². The van der Waals surface area contributed by atoms with Gasteiger partial charge in [-0.2, -0.15) is 5.26 Å². The maximum absolute atomic E-state index is 9.56. The molecule has 0 saturated carbocycles. The first-order chi connectivity index (χ1) is 23.1. The number of rotatable bonds is 7. The molecule has 6 nitrogen and oxygen atoms in total. The van der Waals surface area contributed by atoms with E-state index in [1.807, 2.05) is 36.5 Å². The third-order valence-electron chi connectivity index (χ3n) is 9.22. The molecule has 1 aliphatic rings. The fourth-order valence-corrected chi connectivity index (χ4v) is 6.77. The first kappa shape index (κ1) is 28.7. The molecule has 0 radical (unpaired) electrons. The molecular formula is C41H33N5O. The van der Waals surface area contributed by atoms with E-state index < -0.39 is 6.17 Å². The summed E-state index contributed by atoms with van der Waals surface area (Å²) < 4.78 is 8.81. The summed E-state index contributed by atoms with van der Waals surface area (Å²) in [5.74, 6) is 7.17. The van der Waals surface area contributed by atoms with Crippen LogP contribution in [0, 0.1) is 17.2 Å². The zero-order chi connectivity index (χ0) is 31.9. The van der Waals surface area contributed by atoms with Crippen molar-refractivity contribution in [1.82, 2.24) is 9.58 Å². The number of hydrogen-bond donors (Lipinski definition) is 1. The van der Waals surface area contributed by atoms with Gasteiger partial charge in [0, 0.05) is 40.0 Å². The summed E-state index contributed by atoms with van der Waals surface area (Å²) in [7, 11) is 0. The number of nitriles is 1. The van der Waals surface area contributed by atoms with E-state index in [1.165, 1.54) is 5.39 Å². The molecule has 2 aromatic heterocycles. The minimum absolute atomic E-state index is 0.384. The van der Waals surface area contributed by atoms with Crippen molar-refractivity contribution in [3.8, 4) is 11.8 Å². The van der Waals surface area contributed by atoms with E-state index in [-0.39, 0.29) is 0 Å². The van der Waals surface area contributed by atoms with Crippen LogP contribution in [0.3, 0.4) is 0 Å². The van der Waals surface area contributed by atoms with Gasteiger partial charge in [0.2, 0.25) is 0 Å². The van der Waals surface area contributed by atoms with Crippen LogP contribution >= 0.6 is 0 Å². The standard InChI is InChI=1S/C41H33N5O/c1-27-9-2-3-11-31(27)25-44-41(30-12-8-10-29(23-30)24-42)45(43)26-28-17-19-32(20-18-28)46-37-15-6-4-13-33(37)35-21-22-36-34-14-5-7-16-38(34)47-40(36)39(35)46/h2-8,10-23,25,27,41H,9,26,43H2,1H3/b44-25+. The number of benzene rings is 5. The number of para-hydroxylation sites is 2. The lowest BCUT2D eigenvalue weighted by Crippen LogP contribution is -2.34. The number of nitrogens with two attached hydrogens (primary N) is 1. The van der Waals surface area contributed by atoms with Gasteiger partial charge >= 0.3 is 0 Å². The quantitative estimate of drug-likeness (QED) is 0.111. The second-order valence-corrected chi connectivity index (χ2v) is 12.2. The Balaban J connectivity index is 1.17. The molecule has 5 aromatic carbocycles. The van der Waals surface area contributed by atoms with Crippen molar-refractivity contribution in [2.24, 2.45) is 16.8 Å². The van der Waals surface area contributed by atoms with Crippen molar-refractivity contribution < 1.29 is 4.42 Å². The minimum Gasteiger partial charge on any atom is -0.454 e. The van der Waals surface area contributed by atoms with Crippen molar-refractivity contribution in [3.05, 3.63) is 150 Å². The van der Waals surface area contributed by atoms with E-state index >= 15 is 0 Å². The normalized spacial score (nSPS) is 15.7. The summed E-state index contributed by atoms with van der Waals surface area (Å²) in [5, 5.41) is 15.9. The molecule has 0 fully saturated rings. The highest BCUT2D eigenvalue weighted by Crippen LogP contribution is 2.40. The summed E-state index contributed by atoms with van der Waals surface area (Å²) in [6, 6.07) is 39.4. The van der Waals surface area contributed by atoms with Gasteiger partial charge in [-0.05, 0) is 71.5 Å². The first-order valence-electron chi connectivity index (χ1n) is 15.9. The summed E-state index contributed by atoms with van der Waals surface area (Å²) in [5.41, 5.74) is 8.66. The second-order valence-electron chi connectivity index (χ2n) is 12.2. The van der Waals surface area contributed by atoms with Crippen molar-refractivity contribution in [1.29, 1.82) is 5.26 Å². The second kappa shape index (κ2) is 11.9. The van der Waals surface area contributed by atoms with Crippen LogP contribution in [-0.2, 0) is 6.54 Å². The number of fused-ring (bicyclic) bond motifs is 7. The molecule has 2 atom stereocenters. The first-order valence-corrected chi connectivity index (χ1v) is 15.9. The average molecular weight is 612 g/mol. The van der Waals surface area contributed by atoms with Crippen LogP contribution in [0.4, 0.5) is 0 Å². The monoisotopic (exact) mass is 611 g/mol. The van der Waals surface area contributed by atoms with Gasteiger partial charge in [-0.3, -0.25) is 10.8 Å². The molecule has 228 valence electrons. The van der Waals surface area contributed by atoms with E-state index in [0.29, 0.717) is 18.0 Å². The van der Waals surface area contributed by atoms with Gasteiger partial charge in [0.05, 0.1) is 22.7 Å². The Morgan fingerprint density at radius 3 is 2.55 bits per heavy atom. The van der Waals surface area contributed by atoms with E-state index in [0.717, 1.165) is 67.2 Å². The summed E-state index contributed by atoms with van der Waals surface area (Å²) in [6.45, 7) is 2.67. The van der Waals surface area contributed by atoms with E-state index in [2.05, 4.69) is 109 Å². The molecule has 2 N–H and O–H groups in total. The molecule has 0 saturated heterocycles. The fourth-order valence-electron chi connectivity index (χ4n) is 6.77. The average Bonchev–Trinajstić information content (AvgIpc) is 3.66. The number of allylic oxidation sites excluding steroid dienone is 4. The smallest absolute Gasteiger partial charge is 0.160 e. The lowest BCUT2D eigenvalue weighted by molar-refractivity contribution is 0.199. The molecule has 2 unspecified atom stereocenters. The highest BCUT2D eigenvalue weighted by molar-refractivity contribution is 6.21. The molecule has 1 aliphatic carbocycles. The predicted molar refractivity (Wildman–Crippen MR) is 191 cm³/mol. The zero-order valence-electron chi connectivity index (χ0n) is 26.0. The Bertz CT molecular complexity index is 2420. The van der Waals surface area contributed by atoms with E-state index in [4.69, 9.17) is 15.3 Å². The lowest BCUT2D eigenvalue weighted by atomic mass is 9.94. The highest BCUT2D eigenvalue weighted by atomic mass is 16.3. The number of furan rings is 1.